The molecule has 0 aliphatic carbocycles. The van der Waals surface area contributed by atoms with E-state index in [4.69, 9.17) is 4.52 Å². The Hall–Kier alpha value is -2.31. The van der Waals surface area contributed by atoms with Gasteiger partial charge in [-0.1, -0.05) is 12.1 Å². The maximum absolute atomic E-state index is 12.8. The fraction of sp³-hybridized carbons (Fsp3) is 0.588. The summed E-state index contributed by atoms with van der Waals surface area (Å²) >= 11 is 0. The van der Waals surface area contributed by atoms with E-state index in [0.29, 0.717) is 0 Å². The molecule has 0 spiro atoms. The Morgan fingerprint density at radius 3 is 2.96 bits per heavy atom. The molecule has 1 aliphatic heterocycles. The van der Waals surface area contributed by atoms with Gasteiger partial charge >= 0.3 is 6.03 Å². The van der Waals surface area contributed by atoms with Crippen LogP contribution in [-0.4, -0.2) is 38.2 Å². The molecule has 0 radical (unpaired) electrons. The topological polar surface area (TPSA) is 76.2 Å². The second-order valence-corrected chi connectivity index (χ2v) is 6.40. The second-order valence-electron chi connectivity index (χ2n) is 6.40. The first-order valence-corrected chi connectivity index (χ1v) is 8.55. The van der Waals surface area contributed by atoms with Crippen LogP contribution in [0.3, 0.4) is 0 Å². The normalized spacial score (nSPS) is 18.8. The predicted molar refractivity (Wildman–Crippen MR) is 89.5 cm³/mol. The van der Waals surface area contributed by atoms with Crippen molar-refractivity contribution in [2.45, 2.75) is 58.7 Å². The highest BCUT2D eigenvalue weighted by atomic mass is 16.5. The fourth-order valence-corrected chi connectivity index (χ4v) is 3.53. The Morgan fingerprint density at radius 1 is 1.50 bits per heavy atom. The maximum Gasteiger partial charge on any atom is 0.318 e. The molecule has 0 bridgehead atoms. The van der Waals surface area contributed by atoms with Crippen LogP contribution < -0.4 is 5.32 Å². The van der Waals surface area contributed by atoms with Crippen molar-refractivity contribution in [3.05, 3.63) is 35.7 Å². The summed E-state index contributed by atoms with van der Waals surface area (Å²) in [5, 5.41) is 7.17. The summed E-state index contributed by atoms with van der Waals surface area (Å²) in [4.78, 5) is 18.8. The number of amides is 2. The second kappa shape index (κ2) is 7.07. The number of hydrogen-bond acceptors (Lipinski definition) is 4. The van der Waals surface area contributed by atoms with Gasteiger partial charge in [0.05, 0.1) is 24.1 Å². The highest BCUT2D eigenvalue weighted by Gasteiger charge is 2.31. The van der Waals surface area contributed by atoms with Crippen LogP contribution in [0.4, 0.5) is 4.79 Å². The van der Waals surface area contributed by atoms with Crippen molar-refractivity contribution in [2.75, 3.05) is 6.54 Å². The third-order valence-electron chi connectivity index (χ3n) is 4.76. The Bertz CT molecular complexity index is 660. The molecule has 130 valence electrons. The van der Waals surface area contributed by atoms with Gasteiger partial charge in [0.2, 0.25) is 0 Å². The molecule has 2 atom stereocenters. The fourth-order valence-electron chi connectivity index (χ4n) is 3.53. The van der Waals surface area contributed by atoms with Gasteiger partial charge in [-0.2, -0.15) is 0 Å². The highest BCUT2D eigenvalue weighted by Crippen LogP contribution is 2.25. The molecule has 1 saturated heterocycles. The van der Waals surface area contributed by atoms with Crippen molar-refractivity contribution in [3.8, 4) is 0 Å². The first-order valence-electron chi connectivity index (χ1n) is 8.55. The molecule has 2 aromatic heterocycles. The van der Waals surface area contributed by atoms with E-state index in [1.54, 1.807) is 12.5 Å². The zero-order chi connectivity index (χ0) is 17.1. The van der Waals surface area contributed by atoms with Crippen LogP contribution in [0, 0.1) is 13.8 Å². The quantitative estimate of drug-likeness (QED) is 0.914. The van der Waals surface area contributed by atoms with Crippen molar-refractivity contribution in [3.63, 3.8) is 0 Å². The number of aryl methyl sites for hydroxylation is 2. The van der Waals surface area contributed by atoms with Crippen molar-refractivity contribution in [1.82, 2.24) is 24.9 Å². The van der Waals surface area contributed by atoms with E-state index in [-0.39, 0.29) is 18.1 Å². The van der Waals surface area contributed by atoms with E-state index in [9.17, 15) is 4.79 Å². The molecule has 7 nitrogen and oxygen atoms in total. The molecule has 1 aliphatic rings. The molecule has 2 amide bonds. The minimum absolute atomic E-state index is 0.00975. The van der Waals surface area contributed by atoms with Gasteiger partial charge in [-0.15, -0.1) is 0 Å². The third-order valence-corrected chi connectivity index (χ3v) is 4.76. The van der Waals surface area contributed by atoms with Crippen molar-refractivity contribution < 1.29 is 9.32 Å². The van der Waals surface area contributed by atoms with Crippen LogP contribution in [0.25, 0.3) is 0 Å². The number of hydrogen-bond donors (Lipinski definition) is 1. The van der Waals surface area contributed by atoms with Crippen molar-refractivity contribution in [2.24, 2.45) is 0 Å². The summed E-state index contributed by atoms with van der Waals surface area (Å²) in [6.45, 7) is 7.45. The van der Waals surface area contributed by atoms with Crippen molar-refractivity contribution in [1.29, 1.82) is 0 Å². The standard InChI is InChI=1S/C17H25N5O2/c1-4-15(16-12(2)20-24-13(16)3)19-17(23)22-8-5-6-14(22)10-21-9-7-18-11-21/h7,9,11,14-15H,4-6,8,10H2,1-3H3,(H,19,23)/t14-,15-/m1/s1. The summed E-state index contributed by atoms with van der Waals surface area (Å²) in [6, 6.07) is 0.129. The molecule has 0 saturated carbocycles. The lowest BCUT2D eigenvalue weighted by Crippen LogP contribution is -2.45. The molecule has 3 heterocycles. The van der Waals surface area contributed by atoms with Crippen LogP contribution in [0.1, 0.15) is 49.2 Å². The smallest absolute Gasteiger partial charge is 0.318 e. The third kappa shape index (κ3) is 3.29. The lowest BCUT2D eigenvalue weighted by atomic mass is 10.0. The number of carbonyl (C=O) groups is 1. The lowest BCUT2D eigenvalue weighted by Gasteiger charge is -2.28. The Kier molecular flexibility index (Phi) is 4.87. The number of urea groups is 1. The van der Waals surface area contributed by atoms with Gasteiger partial charge in [0.1, 0.15) is 5.76 Å². The minimum Gasteiger partial charge on any atom is -0.361 e. The molecule has 0 unspecified atom stereocenters. The van der Waals surface area contributed by atoms with E-state index in [1.807, 2.05) is 29.5 Å². The number of nitrogens with one attached hydrogen (secondary N) is 1. The van der Waals surface area contributed by atoms with Crippen LogP contribution in [0.2, 0.25) is 0 Å². The van der Waals surface area contributed by atoms with Gasteiger partial charge in [-0.3, -0.25) is 0 Å². The zero-order valence-corrected chi connectivity index (χ0v) is 14.5. The summed E-state index contributed by atoms with van der Waals surface area (Å²) in [5.41, 5.74) is 1.84. The van der Waals surface area contributed by atoms with E-state index in [1.165, 1.54) is 0 Å². The summed E-state index contributed by atoms with van der Waals surface area (Å²) in [6.07, 6.45) is 8.36. The van der Waals surface area contributed by atoms with Gasteiger partial charge in [0.15, 0.2) is 0 Å². The van der Waals surface area contributed by atoms with Gasteiger partial charge in [0, 0.05) is 31.0 Å². The molecule has 7 heteroatoms. The number of likely N-dealkylation sites (tertiary alicyclic amines) is 1. The first kappa shape index (κ1) is 16.5. The summed E-state index contributed by atoms with van der Waals surface area (Å²) in [5.74, 6) is 0.774. The number of aromatic nitrogens is 3. The molecule has 3 rings (SSSR count). The molecular formula is C17H25N5O2. The average Bonchev–Trinajstić information content (AvgIpc) is 3.29. The number of carbonyl (C=O) groups excluding carboxylic acids is 1. The molecule has 24 heavy (non-hydrogen) atoms. The molecule has 0 aromatic carbocycles. The van der Waals surface area contributed by atoms with Gasteiger partial charge in [-0.05, 0) is 33.1 Å². The Balaban J connectivity index is 1.68. The van der Waals surface area contributed by atoms with Crippen LogP contribution in [0.5, 0.6) is 0 Å². The van der Waals surface area contributed by atoms with Crippen molar-refractivity contribution >= 4 is 6.03 Å². The van der Waals surface area contributed by atoms with E-state index in [0.717, 1.165) is 49.4 Å². The molecular weight excluding hydrogens is 306 g/mol. The molecule has 2 aromatic rings. The van der Waals surface area contributed by atoms with Gasteiger partial charge in [0.25, 0.3) is 0 Å². The SMILES string of the molecule is CC[C@@H](NC(=O)N1CCC[C@@H]1Cn1ccnc1)c1c(C)noc1C. The predicted octanol–water partition coefficient (Wildman–Crippen LogP) is 2.81. The maximum atomic E-state index is 12.8. The zero-order valence-electron chi connectivity index (χ0n) is 14.5. The number of imidazole rings is 1. The monoisotopic (exact) mass is 331 g/mol. The van der Waals surface area contributed by atoms with Crippen LogP contribution in [-0.2, 0) is 6.54 Å². The van der Waals surface area contributed by atoms with Crippen LogP contribution >= 0.6 is 0 Å². The molecule has 1 N–H and O–H groups in total. The minimum atomic E-state index is -0.0711. The summed E-state index contributed by atoms with van der Waals surface area (Å²) in [7, 11) is 0. The summed E-state index contributed by atoms with van der Waals surface area (Å²) < 4.78 is 7.28. The Morgan fingerprint density at radius 2 is 2.33 bits per heavy atom. The van der Waals surface area contributed by atoms with Crippen LogP contribution in [0.15, 0.2) is 23.2 Å². The number of rotatable bonds is 5. The van der Waals surface area contributed by atoms with Gasteiger partial charge < -0.3 is 19.3 Å². The lowest BCUT2D eigenvalue weighted by molar-refractivity contribution is 0.183. The highest BCUT2D eigenvalue weighted by molar-refractivity contribution is 5.75. The first-order chi connectivity index (χ1) is 11.6. The Labute approximate surface area is 142 Å². The van der Waals surface area contributed by atoms with E-state index in [2.05, 4.69) is 22.4 Å². The molecule has 1 fully saturated rings. The largest absolute Gasteiger partial charge is 0.361 e. The average molecular weight is 331 g/mol. The van der Waals surface area contributed by atoms with E-state index < -0.39 is 0 Å². The number of nitrogens with zero attached hydrogens (tertiary/aromatic N) is 4. The van der Waals surface area contributed by atoms with E-state index >= 15 is 0 Å². The van der Waals surface area contributed by atoms with Gasteiger partial charge in [-0.25, -0.2) is 9.78 Å².